The molecule has 0 aliphatic rings. The number of nitrogens with one attached hydrogen (secondary N) is 2. The van der Waals surface area contributed by atoms with Crippen molar-refractivity contribution >= 4 is 29.7 Å². The van der Waals surface area contributed by atoms with Crippen LogP contribution < -0.4 is 10.6 Å². The lowest BCUT2D eigenvalue weighted by Gasteiger charge is -2.13. The lowest BCUT2D eigenvalue weighted by molar-refractivity contribution is -0.141. The second-order valence-corrected chi connectivity index (χ2v) is 5.67. The highest BCUT2D eigenvalue weighted by Crippen LogP contribution is 2.01. The van der Waals surface area contributed by atoms with Gasteiger partial charge in [-0.15, -0.1) is 0 Å². The zero-order valence-electron chi connectivity index (χ0n) is 12.6. The third kappa shape index (κ3) is 7.85. The van der Waals surface area contributed by atoms with Crippen LogP contribution in [0.2, 0.25) is 0 Å². The van der Waals surface area contributed by atoms with Crippen LogP contribution in [0.4, 0.5) is 0 Å². The first kappa shape index (κ1) is 18.3. The van der Waals surface area contributed by atoms with Crippen molar-refractivity contribution < 1.29 is 14.7 Å². The lowest BCUT2D eigenvalue weighted by Crippen LogP contribution is -2.44. The van der Waals surface area contributed by atoms with Crippen LogP contribution in [0.3, 0.4) is 0 Å². The van der Waals surface area contributed by atoms with Crippen LogP contribution in [-0.2, 0) is 9.59 Å². The summed E-state index contributed by atoms with van der Waals surface area (Å²) in [6.45, 7) is 0.646. The third-order valence-corrected chi connectivity index (χ3v) is 3.55. The number of amides is 1. The molecule has 0 spiro atoms. The lowest BCUT2D eigenvalue weighted by atomic mass is 10.2. The summed E-state index contributed by atoms with van der Waals surface area (Å²) in [5.74, 6) is -0.599. The molecule has 6 heteroatoms. The topological polar surface area (TPSA) is 78.4 Å². The van der Waals surface area contributed by atoms with Gasteiger partial charge in [-0.25, -0.2) is 4.79 Å². The normalized spacial score (nSPS) is 12.2. The maximum absolute atomic E-state index is 11.7. The van der Waals surface area contributed by atoms with E-state index >= 15 is 0 Å². The number of carbonyl (C=O) groups excluding carboxylic acids is 1. The summed E-state index contributed by atoms with van der Waals surface area (Å²) in [5.41, 5.74) is 1.09. The Labute approximate surface area is 135 Å². The maximum Gasteiger partial charge on any atom is 0.326 e. The number of thioether (sulfide) groups is 1. The van der Waals surface area contributed by atoms with Gasteiger partial charge in [0, 0.05) is 6.54 Å². The first-order valence-electron chi connectivity index (χ1n) is 7.07. The molecule has 0 aliphatic heterocycles. The van der Waals surface area contributed by atoms with E-state index in [4.69, 9.17) is 5.11 Å². The minimum absolute atomic E-state index is 0.0994. The second kappa shape index (κ2) is 10.9. The SMILES string of the molecule is CSCC[C@H](NC(=O)CNCC=Cc1ccccc1)C(=O)O. The van der Waals surface area contributed by atoms with E-state index in [1.807, 2.05) is 48.7 Å². The molecule has 1 amide bonds. The van der Waals surface area contributed by atoms with Crippen molar-refractivity contribution in [3.63, 3.8) is 0 Å². The molecule has 0 radical (unpaired) electrons. The summed E-state index contributed by atoms with van der Waals surface area (Å²) in [6.07, 6.45) is 6.21. The fourth-order valence-corrected chi connectivity index (χ4v) is 2.24. The number of rotatable bonds is 10. The molecule has 1 rings (SSSR count). The van der Waals surface area contributed by atoms with E-state index in [9.17, 15) is 9.59 Å². The fourth-order valence-electron chi connectivity index (χ4n) is 1.77. The number of carboxylic acid groups (broad SMARTS) is 1. The molecule has 0 bridgehead atoms. The molecule has 0 aliphatic carbocycles. The fraction of sp³-hybridized carbons (Fsp3) is 0.375. The summed E-state index contributed by atoms with van der Waals surface area (Å²) < 4.78 is 0. The molecule has 1 atom stereocenters. The highest BCUT2D eigenvalue weighted by atomic mass is 32.2. The van der Waals surface area contributed by atoms with E-state index in [-0.39, 0.29) is 12.5 Å². The molecule has 3 N–H and O–H groups in total. The van der Waals surface area contributed by atoms with E-state index in [1.54, 1.807) is 11.8 Å². The summed E-state index contributed by atoms with van der Waals surface area (Å²) in [4.78, 5) is 22.7. The van der Waals surface area contributed by atoms with Gasteiger partial charge >= 0.3 is 5.97 Å². The Bertz CT molecular complexity index is 491. The molecular formula is C16H22N2O3S. The number of carbonyl (C=O) groups is 2. The minimum atomic E-state index is -0.994. The molecule has 120 valence electrons. The van der Waals surface area contributed by atoms with E-state index < -0.39 is 12.0 Å². The van der Waals surface area contributed by atoms with Crippen LogP contribution in [0, 0.1) is 0 Å². The average molecular weight is 322 g/mol. The van der Waals surface area contributed by atoms with Crippen molar-refractivity contribution in [1.82, 2.24) is 10.6 Å². The second-order valence-electron chi connectivity index (χ2n) is 4.68. The number of hydrogen-bond acceptors (Lipinski definition) is 4. The van der Waals surface area contributed by atoms with E-state index in [0.717, 1.165) is 5.56 Å². The summed E-state index contributed by atoms with van der Waals surface area (Å²) >= 11 is 1.56. The molecule has 1 aromatic carbocycles. The molecule has 22 heavy (non-hydrogen) atoms. The predicted octanol–water partition coefficient (Wildman–Crippen LogP) is 1.61. The molecule has 0 aromatic heterocycles. The minimum Gasteiger partial charge on any atom is -0.480 e. The van der Waals surface area contributed by atoms with Crippen LogP contribution in [0.25, 0.3) is 6.08 Å². The smallest absolute Gasteiger partial charge is 0.326 e. The molecule has 0 heterocycles. The van der Waals surface area contributed by atoms with E-state index in [2.05, 4.69) is 10.6 Å². The van der Waals surface area contributed by atoms with Gasteiger partial charge in [0.15, 0.2) is 0 Å². The van der Waals surface area contributed by atoms with Crippen molar-refractivity contribution in [3.8, 4) is 0 Å². The molecule has 5 nitrogen and oxygen atoms in total. The monoisotopic (exact) mass is 322 g/mol. The highest BCUT2D eigenvalue weighted by Gasteiger charge is 2.18. The number of hydrogen-bond donors (Lipinski definition) is 3. The maximum atomic E-state index is 11.7. The van der Waals surface area contributed by atoms with Gasteiger partial charge in [0.2, 0.25) is 5.91 Å². The van der Waals surface area contributed by atoms with Gasteiger partial charge in [-0.1, -0.05) is 42.5 Å². The van der Waals surface area contributed by atoms with Gasteiger partial charge in [-0.3, -0.25) is 4.79 Å². The number of benzene rings is 1. The van der Waals surface area contributed by atoms with Gasteiger partial charge in [0.1, 0.15) is 6.04 Å². The molecule has 0 fully saturated rings. The summed E-state index contributed by atoms with van der Waals surface area (Å²) in [5, 5.41) is 14.5. The Balaban J connectivity index is 2.24. The number of aliphatic carboxylic acids is 1. The predicted molar refractivity (Wildman–Crippen MR) is 90.9 cm³/mol. The van der Waals surface area contributed by atoms with Crippen LogP contribution >= 0.6 is 11.8 Å². The first-order valence-corrected chi connectivity index (χ1v) is 8.46. The number of carboxylic acids is 1. The molecular weight excluding hydrogens is 300 g/mol. The molecule has 0 unspecified atom stereocenters. The summed E-state index contributed by atoms with van der Waals surface area (Å²) in [7, 11) is 0. The molecule has 0 saturated heterocycles. The Morgan fingerprint density at radius 1 is 1.32 bits per heavy atom. The largest absolute Gasteiger partial charge is 0.480 e. The Kier molecular flexibility index (Phi) is 9.02. The van der Waals surface area contributed by atoms with Crippen LogP contribution in [0.15, 0.2) is 36.4 Å². The quantitative estimate of drug-likeness (QED) is 0.571. The highest BCUT2D eigenvalue weighted by molar-refractivity contribution is 7.98. The van der Waals surface area contributed by atoms with Gasteiger partial charge in [0.25, 0.3) is 0 Å². The van der Waals surface area contributed by atoms with E-state index in [0.29, 0.717) is 18.7 Å². The van der Waals surface area contributed by atoms with Crippen molar-refractivity contribution in [2.24, 2.45) is 0 Å². The van der Waals surface area contributed by atoms with Gasteiger partial charge in [-0.2, -0.15) is 11.8 Å². The average Bonchev–Trinajstić information content (AvgIpc) is 2.51. The zero-order valence-corrected chi connectivity index (χ0v) is 13.4. The first-order chi connectivity index (χ1) is 10.6. The third-order valence-electron chi connectivity index (χ3n) is 2.90. The van der Waals surface area contributed by atoms with Crippen molar-refractivity contribution in [2.75, 3.05) is 25.1 Å². The van der Waals surface area contributed by atoms with Crippen molar-refractivity contribution in [2.45, 2.75) is 12.5 Å². The van der Waals surface area contributed by atoms with Gasteiger partial charge in [0.05, 0.1) is 6.54 Å². The van der Waals surface area contributed by atoms with Crippen LogP contribution in [-0.4, -0.2) is 48.1 Å². The van der Waals surface area contributed by atoms with Crippen molar-refractivity contribution in [3.05, 3.63) is 42.0 Å². The molecule has 1 aromatic rings. The van der Waals surface area contributed by atoms with Crippen molar-refractivity contribution in [1.29, 1.82) is 0 Å². The Morgan fingerprint density at radius 2 is 2.05 bits per heavy atom. The Morgan fingerprint density at radius 3 is 2.68 bits per heavy atom. The van der Waals surface area contributed by atoms with E-state index in [1.165, 1.54) is 0 Å². The zero-order chi connectivity index (χ0) is 16.2. The summed E-state index contributed by atoms with van der Waals surface area (Å²) in [6, 6.07) is 9.04. The van der Waals surface area contributed by atoms with Gasteiger partial charge in [-0.05, 0) is 24.0 Å². The van der Waals surface area contributed by atoms with Crippen LogP contribution in [0.1, 0.15) is 12.0 Å². The standard InChI is InChI=1S/C16H22N2O3S/c1-22-11-9-14(16(20)21)18-15(19)12-17-10-5-8-13-6-3-2-4-7-13/h2-8,14,17H,9-12H2,1H3,(H,18,19)(H,20,21)/t14-/m0/s1. The van der Waals surface area contributed by atoms with Crippen LogP contribution in [0.5, 0.6) is 0 Å². The molecule has 0 saturated carbocycles. The Hall–Kier alpha value is -1.79. The van der Waals surface area contributed by atoms with Gasteiger partial charge < -0.3 is 15.7 Å².